The highest BCUT2D eigenvalue weighted by Crippen LogP contribution is 2.15. The maximum absolute atomic E-state index is 12.2. The van der Waals surface area contributed by atoms with Crippen LogP contribution in [0.1, 0.15) is 26.4 Å². The fraction of sp³-hybridized carbons (Fsp3) is 0.188. The zero-order chi connectivity index (χ0) is 14.4. The van der Waals surface area contributed by atoms with Gasteiger partial charge >= 0.3 is 0 Å². The van der Waals surface area contributed by atoms with Gasteiger partial charge in [-0.15, -0.1) is 11.3 Å². The number of hydrogen-bond acceptors (Lipinski definition) is 3. The highest BCUT2D eigenvalue weighted by molar-refractivity contribution is 7.10. The van der Waals surface area contributed by atoms with E-state index in [0.29, 0.717) is 17.7 Å². The van der Waals surface area contributed by atoms with Crippen molar-refractivity contribution < 1.29 is 9.90 Å². The minimum atomic E-state index is -0.218. The Hall–Kier alpha value is -2.09. The lowest BCUT2D eigenvalue weighted by molar-refractivity contribution is 0.0951. The van der Waals surface area contributed by atoms with E-state index < -0.39 is 0 Å². The summed E-state index contributed by atoms with van der Waals surface area (Å²) in [7, 11) is 0. The summed E-state index contributed by atoms with van der Waals surface area (Å²) >= 11 is 1.63. The van der Waals surface area contributed by atoms with Crippen molar-refractivity contribution in [3.63, 3.8) is 0 Å². The number of aliphatic hydroxyl groups is 1. The van der Waals surface area contributed by atoms with Crippen molar-refractivity contribution in [2.75, 3.05) is 6.61 Å². The molecule has 0 bridgehead atoms. The number of carbonyl (C=O) groups excluding carboxylic acids is 1. The van der Waals surface area contributed by atoms with Gasteiger partial charge in [-0.3, -0.25) is 4.79 Å². The number of aliphatic hydroxyl groups excluding tert-OH is 1. The van der Waals surface area contributed by atoms with Crippen LogP contribution in [0.15, 0.2) is 35.7 Å². The molecule has 1 amide bonds. The van der Waals surface area contributed by atoms with Crippen LogP contribution < -0.4 is 5.32 Å². The Kier molecular flexibility index (Phi) is 4.94. The minimum Gasteiger partial charge on any atom is -0.384 e. The number of thiophene rings is 1. The molecule has 0 atom stereocenters. The summed E-state index contributed by atoms with van der Waals surface area (Å²) in [5, 5.41) is 13.7. The number of amides is 1. The summed E-state index contributed by atoms with van der Waals surface area (Å²) in [6.07, 6.45) is 0. The number of aryl methyl sites for hydroxylation is 1. The van der Waals surface area contributed by atoms with E-state index in [2.05, 4.69) is 17.2 Å². The first-order valence-electron chi connectivity index (χ1n) is 6.22. The largest absolute Gasteiger partial charge is 0.384 e. The summed E-state index contributed by atoms with van der Waals surface area (Å²) in [5.41, 5.74) is 2.34. The number of benzene rings is 1. The molecule has 0 saturated carbocycles. The van der Waals surface area contributed by atoms with Crippen molar-refractivity contribution >= 4 is 17.2 Å². The number of nitrogens with one attached hydrogen (secondary N) is 1. The van der Waals surface area contributed by atoms with Gasteiger partial charge in [0.2, 0.25) is 0 Å². The topological polar surface area (TPSA) is 49.3 Å². The first-order valence-corrected chi connectivity index (χ1v) is 7.10. The van der Waals surface area contributed by atoms with Crippen molar-refractivity contribution in [2.45, 2.75) is 13.5 Å². The van der Waals surface area contributed by atoms with Gasteiger partial charge in [0.15, 0.2) is 0 Å². The number of hydrogen-bond donors (Lipinski definition) is 2. The van der Waals surface area contributed by atoms with Crippen molar-refractivity contribution in [3.8, 4) is 11.8 Å². The highest BCUT2D eigenvalue weighted by Gasteiger charge is 2.10. The lowest BCUT2D eigenvalue weighted by Crippen LogP contribution is -2.23. The smallest absolute Gasteiger partial charge is 0.252 e. The minimum absolute atomic E-state index is 0.152. The second-order valence-corrected chi connectivity index (χ2v) is 5.22. The molecular formula is C16H15NO2S. The fourth-order valence-electron chi connectivity index (χ4n) is 1.77. The van der Waals surface area contributed by atoms with Crippen LogP contribution in [-0.2, 0) is 6.54 Å². The highest BCUT2D eigenvalue weighted by atomic mass is 32.1. The monoisotopic (exact) mass is 285 g/mol. The van der Waals surface area contributed by atoms with E-state index in [4.69, 9.17) is 5.11 Å². The van der Waals surface area contributed by atoms with Gasteiger partial charge < -0.3 is 10.4 Å². The molecule has 0 unspecified atom stereocenters. The fourth-order valence-corrected chi connectivity index (χ4v) is 2.61. The third-order valence-corrected chi connectivity index (χ3v) is 3.87. The van der Waals surface area contributed by atoms with Crippen molar-refractivity contribution in [3.05, 3.63) is 57.3 Å². The summed E-state index contributed by atoms with van der Waals surface area (Å²) < 4.78 is 0. The summed E-state index contributed by atoms with van der Waals surface area (Å²) in [4.78, 5) is 13.3. The van der Waals surface area contributed by atoms with Gasteiger partial charge in [0.05, 0.1) is 12.1 Å². The van der Waals surface area contributed by atoms with Gasteiger partial charge in [-0.1, -0.05) is 24.0 Å². The molecule has 0 saturated heterocycles. The Labute approximate surface area is 122 Å². The van der Waals surface area contributed by atoms with Crippen LogP contribution in [0.25, 0.3) is 0 Å². The average Bonchev–Trinajstić information content (AvgIpc) is 2.88. The van der Waals surface area contributed by atoms with E-state index in [1.807, 2.05) is 24.4 Å². The molecular weight excluding hydrogens is 270 g/mol. The summed E-state index contributed by atoms with van der Waals surface area (Å²) in [6.45, 7) is 2.33. The summed E-state index contributed by atoms with van der Waals surface area (Å²) in [6, 6.07) is 9.16. The van der Waals surface area contributed by atoms with E-state index in [9.17, 15) is 4.79 Å². The molecule has 2 aromatic rings. The predicted octanol–water partition coefficient (Wildman–Crippen LogP) is 2.33. The molecule has 3 nitrogen and oxygen atoms in total. The second-order valence-electron chi connectivity index (χ2n) is 4.21. The van der Waals surface area contributed by atoms with Gasteiger partial charge in [0.25, 0.3) is 5.91 Å². The Morgan fingerprint density at radius 2 is 2.15 bits per heavy atom. The van der Waals surface area contributed by atoms with E-state index >= 15 is 0 Å². The van der Waals surface area contributed by atoms with Crippen molar-refractivity contribution in [1.29, 1.82) is 0 Å². The maximum Gasteiger partial charge on any atom is 0.252 e. The first kappa shape index (κ1) is 14.3. The molecule has 0 radical (unpaired) electrons. The van der Waals surface area contributed by atoms with Crippen molar-refractivity contribution in [2.24, 2.45) is 0 Å². The zero-order valence-corrected chi connectivity index (χ0v) is 12.0. The molecule has 2 rings (SSSR count). The molecule has 0 aliphatic carbocycles. The molecule has 1 aromatic heterocycles. The Bertz CT molecular complexity index is 664. The van der Waals surface area contributed by atoms with E-state index in [1.54, 1.807) is 29.5 Å². The van der Waals surface area contributed by atoms with Crippen LogP contribution in [0.5, 0.6) is 0 Å². The van der Waals surface area contributed by atoms with Gasteiger partial charge in [-0.2, -0.15) is 0 Å². The number of rotatable bonds is 3. The molecule has 2 N–H and O–H groups in total. The predicted molar refractivity (Wildman–Crippen MR) is 80.6 cm³/mol. The molecule has 0 aliphatic rings. The Morgan fingerprint density at radius 1 is 1.35 bits per heavy atom. The van der Waals surface area contributed by atoms with E-state index in [0.717, 1.165) is 4.88 Å². The quantitative estimate of drug-likeness (QED) is 0.850. The molecule has 0 aliphatic heterocycles. The SMILES string of the molecule is Cc1ccsc1CNC(=O)c1ccccc1C#CCO. The van der Waals surface area contributed by atoms with E-state index in [1.165, 1.54) is 5.56 Å². The molecule has 0 spiro atoms. The van der Waals surface area contributed by atoms with Gasteiger partial charge in [0.1, 0.15) is 6.61 Å². The van der Waals surface area contributed by atoms with Crippen LogP contribution >= 0.6 is 11.3 Å². The van der Waals surface area contributed by atoms with Crippen LogP contribution in [0.4, 0.5) is 0 Å². The van der Waals surface area contributed by atoms with Crippen LogP contribution in [-0.4, -0.2) is 17.6 Å². The Balaban J connectivity index is 2.11. The third kappa shape index (κ3) is 3.47. The molecule has 20 heavy (non-hydrogen) atoms. The first-order chi connectivity index (χ1) is 9.72. The van der Waals surface area contributed by atoms with Crippen LogP contribution in [0, 0.1) is 18.8 Å². The molecule has 4 heteroatoms. The lowest BCUT2D eigenvalue weighted by atomic mass is 10.1. The van der Waals surface area contributed by atoms with Gasteiger partial charge in [-0.05, 0) is 36.1 Å². The lowest BCUT2D eigenvalue weighted by Gasteiger charge is -2.06. The zero-order valence-electron chi connectivity index (χ0n) is 11.1. The molecule has 1 heterocycles. The van der Waals surface area contributed by atoms with Gasteiger partial charge in [0, 0.05) is 10.4 Å². The van der Waals surface area contributed by atoms with Gasteiger partial charge in [-0.25, -0.2) is 0 Å². The second kappa shape index (κ2) is 6.90. The molecule has 102 valence electrons. The molecule has 1 aromatic carbocycles. The normalized spacial score (nSPS) is 9.70. The average molecular weight is 285 g/mol. The molecule has 0 fully saturated rings. The maximum atomic E-state index is 12.2. The number of carbonyl (C=O) groups is 1. The standard InChI is InChI=1S/C16H15NO2S/c1-12-8-10-20-15(12)11-17-16(19)14-7-3-2-5-13(14)6-4-9-18/h2-3,5,7-8,10,18H,9,11H2,1H3,(H,17,19). The Morgan fingerprint density at radius 3 is 2.85 bits per heavy atom. The van der Waals surface area contributed by atoms with E-state index in [-0.39, 0.29) is 12.5 Å². The summed E-state index contributed by atoms with van der Waals surface area (Å²) in [5.74, 6) is 5.20. The van der Waals surface area contributed by atoms with Crippen molar-refractivity contribution in [1.82, 2.24) is 5.32 Å². The third-order valence-electron chi connectivity index (χ3n) is 2.85. The van der Waals surface area contributed by atoms with Crippen LogP contribution in [0.3, 0.4) is 0 Å². The van der Waals surface area contributed by atoms with Crippen LogP contribution in [0.2, 0.25) is 0 Å².